The molecular formula is C19H30O4. The third-order valence-corrected chi connectivity index (χ3v) is 6.99. The highest BCUT2D eigenvalue weighted by Gasteiger charge is 2.66. The highest BCUT2D eigenvalue weighted by atomic mass is 16.5. The van der Waals surface area contributed by atoms with E-state index in [1.807, 2.05) is 0 Å². The fraction of sp³-hybridized carbons (Fsp3) is 0.895. The van der Waals surface area contributed by atoms with Gasteiger partial charge >= 0.3 is 11.9 Å². The highest BCUT2D eigenvalue weighted by Crippen LogP contribution is 2.69. The van der Waals surface area contributed by atoms with Gasteiger partial charge in [-0.15, -0.1) is 0 Å². The Morgan fingerprint density at radius 2 is 1.52 bits per heavy atom. The zero-order valence-corrected chi connectivity index (χ0v) is 15.1. The molecule has 3 fully saturated rings. The monoisotopic (exact) mass is 322 g/mol. The van der Waals surface area contributed by atoms with Crippen molar-refractivity contribution in [1.82, 2.24) is 0 Å². The molecule has 130 valence electrons. The van der Waals surface area contributed by atoms with Gasteiger partial charge in [-0.25, -0.2) is 0 Å². The van der Waals surface area contributed by atoms with Crippen LogP contribution >= 0.6 is 0 Å². The molecule has 1 spiro atoms. The summed E-state index contributed by atoms with van der Waals surface area (Å²) in [4.78, 5) is 23.1. The number of rotatable bonds is 2. The molecule has 0 aromatic rings. The van der Waals surface area contributed by atoms with E-state index in [9.17, 15) is 9.59 Å². The summed E-state index contributed by atoms with van der Waals surface area (Å²) in [5.74, 6) is 0.235. The first-order valence-electron chi connectivity index (χ1n) is 8.94. The van der Waals surface area contributed by atoms with E-state index in [1.54, 1.807) is 0 Å². The molecule has 0 aliphatic heterocycles. The quantitative estimate of drug-likeness (QED) is 0.724. The Labute approximate surface area is 139 Å². The molecule has 0 aromatic carbocycles. The predicted octanol–water partition coefficient (Wildman–Crippen LogP) is 3.87. The van der Waals surface area contributed by atoms with E-state index in [1.165, 1.54) is 13.8 Å². The summed E-state index contributed by atoms with van der Waals surface area (Å²) in [6.07, 6.45) is 6.08. The van der Waals surface area contributed by atoms with Crippen LogP contribution in [0.4, 0.5) is 0 Å². The molecule has 2 bridgehead atoms. The average molecular weight is 322 g/mol. The van der Waals surface area contributed by atoms with Crippen LogP contribution in [0.15, 0.2) is 0 Å². The first kappa shape index (κ1) is 16.8. The molecule has 4 heteroatoms. The SMILES string of the molecule is CC(=O)OC1CC[C@]23C[C@@]1(C)CC[C@@H]2C(C)(C)CC3OC(C)=O. The summed E-state index contributed by atoms with van der Waals surface area (Å²) < 4.78 is 11.5. The van der Waals surface area contributed by atoms with Crippen molar-refractivity contribution in [2.45, 2.75) is 85.4 Å². The minimum Gasteiger partial charge on any atom is -0.462 e. The Bertz CT molecular complexity index is 525. The Morgan fingerprint density at radius 3 is 2.13 bits per heavy atom. The maximum atomic E-state index is 11.6. The average Bonchev–Trinajstić information content (AvgIpc) is 2.59. The van der Waals surface area contributed by atoms with Crippen molar-refractivity contribution >= 4 is 11.9 Å². The second-order valence-electron chi connectivity index (χ2n) is 9.08. The third kappa shape index (κ3) is 2.58. The molecule has 3 rings (SSSR count). The molecule has 0 aromatic heterocycles. The number of ether oxygens (including phenoxy) is 2. The zero-order valence-electron chi connectivity index (χ0n) is 15.1. The van der Waals surface area contributed by atoms with E-state index >= 15 is 0 Å². The van der Waals surface area contributed by atoms with Crippen LogP contribution in [0.2, 0.25) is 0 Å². The third-order valence-electron chi connectivity index (χ3n) is 6.99. The summed E-state index contributed by atoms with van der Waals surface area (Å²) in [6.45, 7) is 9.92. The summed E-state index contributed by atoms with van der Waals surface area (Å²) in [5, 5.41) is 0. The number of carbonyl (C=O) groups is 2. The minimum absolute atomic E-state index is 0.00765. The van der Waals surface area contributed by atoms with Gasteiger partial charge in [-0.05, 0) is 49.9 Å². The number of esters is 2. The minimum atomic E-state index is -0.183. The number of hydrogen-bond acceptors (Lipinski definition) is 4. The predicted molar refractivity (Wildman–Crippen MR) is 86.6 cm³/mol. The number of fused-ring (bicyclic) bond motifs is 1. The fourth-order valence-corrected chi connectivity index (χ4v) is 6.26. The van der Waals surface area contributed by atoms with E-state index in [0.717, 1.165) is 38.5 Å². The van der Waals surface area contributed by atoms with Gasteiger partial charge in [-0.1, -0.05) is 20.8 Å². The van der Waals surface area contributed by atoms with Gasteiger partial charge in [0.1, 0.15) is 12.2 Å². The van der Waals surface area contributed by atoms with Crippen molar-refractivity contribution in [3.05, 3.63) is 0 Å². The standard InChI is InChI=1S/C19H30O4/c1-12(20)22-15-7-9-19-11-18(15,5)8-6-14(19)17(3,4)10-16(19)23-13(2)21/h14-16H,6-11H2,1-5H3/t14-,15?,16?,18-,19+/m1/s1. The molecule has 5 atom stereocenters. The Morgan fingerprint density at radius 1 is 0.913 bits per heavy atom. The lowest BCUT2D eigenvalue weighted by Crippen LogP contribution is -2.55. The topological polar surface area (TPSA) is 52.6 Å². The van der Waals surface area contributed by atoms with Gasteiger partial charge in [-0.3, -0.25) is 9.59 Å². The fourth-order valence-electron chi connectivity index (χ4n) is 6.26. The normalized spacial score (nSPS) is 44.3. The van der Waals surface area contributed by atoms with Crippen LogP contribution in [0.1, 0.15) is 73.1 Å². The van der Waals surface area contributed by atoms with Crippen LogP contribution in [0.5, 0.6) is 0 Å². The van der Waals surface area contributed by atoms with Gasteiger partial charge in [0.25, 0.3) is 0 Å². The summed E-state index contributed by atoms with van der Waals surface area (Å²) >= 11 is 0. The van der Waals surface area contributed by atoms with Gasteiger partial charge in [0.05, 0.1) is 0 Å². The van der Waals surface area contributed by atoms with Crippen LogP contribution in [0, 0.1) is 22.2 Å². The summed E-state index contributed by atoms with van der Waals surface area (Å²) in [6, 6.07) is 0. The van der Waals surface area contributed by atoms with Gasteiger partial charge in [0.15, 0.2) is 0 Å². The highest BCUT2D eigenvalue weighted by molar-refractivity contribution is 5.66. The lowest BCUT2D eigenvalue weighted by Gasteiger charge is -2.58. The van der Waals surface area contributed by atoms with Crippen molar-refractivity contribution < 1.29 is 19.1 Å². The largest absolute Gasteiger partial charge is 0.462 e. The smallest absolute Gasteiger partial charge is 0.302 e. The Hall–Kier alpha value is -1.06. The van der Waals surface area contributed by atoms with Crippen molar-refractivity contribution in [2.24, 2.45) is 22.2 Å². The second kappa shape index (κ2) is 5.22. The lowest BCUT2D eigenvalue weighted by atomic mass is 9.49. The van der Waals surface area contributed by atoms with Gasteiger partial charge in [0.2, 0.25) is 0 Å². The van der Waals surface area contributed by atoms with Crippen molar-refractivity contribution in [1.29, 1.82) is 0 Å². The van der Waals surface area contributed by atoms with Crippen LogP contribution in [0.3, 0.4) is 0 Å². The molecule has 2 unspecified atom stereocenters. The van der Waals surface area contributed by atoms with E-state index < -0.39 is 0 Å². The molecule has 23 heavy (non-hydrogen) atoms. The number of hydrogen-bond donors (Lipinski definition) is 0. The van der Waals surface area contributed by atoms with Crippen molar-refractivity contribution in [2.75, 3.05) is 0 Å². The zero-order chi connectivity index (χ0) is 17.0. The maximum Gasteiger partial charge on any atom is 0.302 e. The van der Waals surface area contributed by atoms with Crippen LogP contribution in [-0.4, -0.2) is 24.1 Å². The van der Waals surface area contributed by atoms with Crippen LogP contribution in [0.25, 0.3) is 0 Å². The molecule has 0 saturated heterocycles. The van der Waals surface area contributed by atoms with E-state index in [0.29, 0.717) is 5.92 Å². The summed E-state index contributed by atoms with van der Waals surface area (Å²) in [7, 11) is 0. The molecular weight excluding hydrogens is 292 g/mol. The molecule has 3 saturated carbocycles. The van der Waals surface area contributed by atoms with E-state index in [2.05, 4.69) is 20.8 Å². The molecule has 3 aliphatic carbocycles. The molecule has 3 aliphatic rings. The Kier molecular flexibility index (Phi) is 3.81. The van der Waals surface area contributed by atoms with Crippen molar-refractivity contribution in [3.63, 3.8) is 0 Å². The molecule has 0 N–H and O–H groups in total. The first-order valence-corrected chi connectivity index (χ1v) is 8.94. The molecule has 0 heterocycles. The lowest BCUT2D eigenvalue weighted by molar-refractivity contribution is -0.186. The van der Waals surface area contributed by atoms with Gasteiger partial charge in [-0.2, -0.15) is 0 Å². The first-order chi connectivity index (χ1) is 10.6. The molecule has 0 radical (unpaired) electrons. The van der Waals surface area contributed by atoms with E-state index in [4.69, 9.17) is 9.47 Å². The molecule has 4 nitrogen and oxygen atoms in total. The van der Waals surface area contributed by atoms with Crippen molar-refractivity contribution in [3.8, 4) is 0 Å². The second-order valence-corrected chi connectivity index (χ2v) is 9.08. The Balaban J connectivity index is 1.92. The number of carbonyl (C=O) groups excluding carboxylic acids is 2. The maximum absolute atomic E-state index is 11.6. The molecule has 0 amide bonds. The van der Waals surface area contributed by atoms with Crippen LogP contribution in [-0.2, 0) is 19.1 Å². The van der Waals surface area contributed by atoms with Gasteiger partial charge < -0.3 is 9.47 Å². The summed E-state index contributed by atoms with van der Waals surface area (Å²) in [5.41, 5.74) is 0.285. The van der Waals surface area contributed by atoms with Gasteiger partial charge in [0, 0.05) is 24.7 Å². The van der Waals surface area contributed by atoms with Crippen LogP contribution < -0.4 is 0 Å². The van der Waals surface area contributed by atoms with E-state index in [-0.39, 0.29) is 40.4 Å².